The Kier molecular flexibility index (Phi) is 3.01. The van der Waals surface area contributed by atoms with Crippen molar-refractivity contribution in [1.82, 2.24) is 4.90 Å². The minimum atomic E-state index is -0.615. The summed E-state index contributed by atoms with van der Waals surface area (Å²) in [6.07, 6.45) is 4.69. The lowest BCUT2D eigenvalue weighted by molar-refractivity contribution is -0.142. The van der Waals surface area contributed by atoms with E-state index in [0.29, 0.717) is 6.04 Å². The summed E-state index contributed by atoms with van der Waals surface area (Å²) < 4.78 is 0. The number of aliphatic carboxylic acids is 1. The zero-order valence-electron chi connectivity index (χ0n) is 9.65. The third-order valence-electron chi connectivity index (χ3n) is 4.13. The summed E-state index contributed by atoms with van der Waals surface area (Å²) in [5, 5.41) is 9.08. The quantitative estimate of drug-likeness (QED) is 0.773. The first-order chi connectivity index (χ1) is 7.15. The van der Waals surface area contributed by atoms with Crippen LogP contribution in [0, 0.1) is 11.8 Å². The van der Waals surface area contributed by atoms with Gasteiger partial charge in [-0.1, -0.05) is 6.92 Å². The van der Waals surface area contributed by atoms with Crippen LogP contribution in [0.5, 0.6) is 0 Å². The normalized spacial score (nSPS) is 34.3. The lowest BCUT2D eigenvalue weighted by atomic mass is 10.0. The van der Waals surface area contributed by atoms with E-state index in [0.717, 1.165) is 18.9 Å². The van der Waals surface area contributed by atoms with Crippen molar-refractivity contribution < 1.29 is 9.90 Å². The molecule has 1 saturated heterocycles. The van der Waals surface area contributed by atoms with Crippen molar-refractivity contribution in [2.75, 3.05) is 6.54 Å². The van der Waals surface area contributed by atoms with E-state index in [-0.39, 0.29) is 12.0 Å². The number of carboxylic acid groups (broad SMARTS) is 1. The summed E-state index contributed by atoms with van der Waals surface area (Å²) in [6, 6.07) is 0.873. The summed E-state index contributed by atoms with van der Waals surface area (Å²) in [6.45, 7) is 5.29. The van der Waals surface area contributed by atoms with Crippen molar-refractivity contribution >= 4 is 5.97 Å². The molecular formula is C12H21NO2. The van der Waals surface area contributed by atoms with E-state index in [1.807, 2.05) is 0 Å². The molecule has 0 aromatic carbocycles. The largest absolute Gasteiger partial charge is 0.481 e. The van der Waals surface area contributed by atoms with Crippen LogP contribution < -0.4 is 0 Å². The summed E-state index contributed by atoms with van der Waals surface area (Å²) in [5.74, 6) is 0.0958. The number of rotatable bonds is 4. The van der Waals surface area contributed by atoms with E-state index < -0.39 is 5.97 Å². The smallest absolute Gasteiger partial charge is 0.308 e. The average molecular weight is 211 g/mol. The van der Waals surface area contributed by atoms with Gasteiger partial charge in [-0.3, -0.25) is 9.69 Å². The van der Waals surface area contributed by atoms with E-state index in [1.165, 1.54) is 19.3 Å². The Labute approximate surface area is 91.5 Å². The van der Waals surface area contributed by atoms with Gasteiger partial charge in [0.15, 0.2) is 0 Å². The first-order valence-corrected chi connectivity index (χ1v) is 6.13. The molecule has 1 aliphatic carbocycles. The fourth-order valence-corrected chi connectivity index (χ4v) is 3.08. The molecule has 0 spiro atoms. The first kappa shape index (κ1) is 10.9. The van der Waals surface area contributed by atoms with Crippen LogP contribution in [0.15, 0.2) is 0 Å². The van der Waals surface area contributed by atoms with Gasteiger partial charge in [0.25, 0.3) is 0 Å². The van der Waals surface area contributed by atoms with Crippen LogP contribution >= 0.6 is 0 Å². The Balaban J connectivity index is 2.01. The van der Waals surface area contributed by atoms with E-state index >= 15 is 0 Å². The summed E-state index contributed by atoms with van der Waals surface area (Å²) in [5.41, 5.74) is 0. The van der Waals surface area contributed by atoms with Gasteiger partial charge in [0.2, 0.25) is 0 Å². The molecule has 1 N–H and O–H groups in total. The third kappa shape index (κ3) is 2.03. The van der Waals surface area contributed by atoms with E-state index in [2.05, 4.69) is 18.7 Å². The Morgan fingerprint density at radius 3 is 2.53 bits per heavy atom. The van der Waals surface area contributed by atoms with Gasteiger partial charge in [0.05, 0.1) is 5.92 Å². The Morgan fingerprint density at radius 1 is 1.47 bits per heavy atom. The molecule has 3 heteroatoms. The van der Waals surface area contributed by atoms with Gasteiger partial charge in [-0.05, 0) is 45.1 Å². The second-order valence-electron chi connectivity index (χ2n) is 5.02. The van der Waals surface area contributed by atoms with Crippen molar-refractivity contribution in [1.29, 1.82) is 0 Å². The summed E-state index contributed by atoms with van der Waals surface area (Å²) in [7, 11) is 0. The molecule has 0 radical (unpaired) electrons. The van der Waals surface area contributed by atoms with Crippen molar-refractivity contribution in [3.05, 3.63) is 0 Å². The van der Waals surface area contributed by atoms with Crippen LogP contribution in [0.25, 0.3) is 0 Å². The third-order valence-corrected chi connectivity index (χ3v) is 4.13. The number of hydrogen-bond acceptors (Lipinski definition) is 2. The van der Waals surface area contributed by atoms with Crippen LogP contribution in [-0.2, 0) is 4.79 Å². The zero-order chi connectivity index (χ0) is 11.0. The van der Waals surface area contributed by atoms with E-state index in [1.54, 1.807) is 0 Å². The molecule has 1 aliphatic heterocycles. The van der Waals surface area contributed by atoms with Crippen LogP contribution in [0.2, 0.25) is 0 Å². The molecule has 0 bridgehead atoms. The number of likely N-dealkylation sites (tertiary alicyclic amines) is 1. The monoisotopic (exact) mass is 211 g/mol. The molecule has 0 aromatic heterocycles. The van der Waals surface area contributed by atoms with Crippen molar-refractivity contribution in [2.45, 2.75) is 51.6 Å². The highest BCUT2D eigenvalue weighted by Gasteiger charge is 2.43. The zero-order valence-corrected chi connectivity index (χ0v) is 9.65. The highest BCUT2D eigenvalue weighted by molar-refractivity contribution is 5.71. The van der Waals surface area contributed by atoms with Crippen LogP contribution in [0.3, 0.4) is 0 Å². The fraction of sp³-hybridized carbons (Fsp3) is 0.917. The lowest BCUT2D eigenvalue weighted by Crippen LogP contribution is -2.41. The van der Waals surface area contributed by atoms with Crippen LogP contribution in [0.4, 0.5) is 0 Å². The van der Waals surface area contributed by atoms with E-state index in [4.69, 9.17) is 5.11 Å². The number of carboxylic acids is 1. The maximum atomic E-state index is 11.0. The second kappa shape index (κ2) is 4.12. The topological polar surface area (TPSA) is 40.5 Å². The van der Waals surface area contributed by atoms with Gasteiger partial charge in [-0.2, -0.15) is 0 Å². The number of nitrogens with zero attached hydrogens (tertiary/aromatic N) is 1. The molecule has 1 heterocycles. The Hall–Kier alpha value is -0.570. The predicted molar refractivity (Wildman–Crippen MR) is 58.7 cm³/mol. The lowest BCUT2D eigenvalue weighted by Gasteiger charge is -2.31. The average Bonchev–Trinajstić information content (AvgIpc) is 2.93. The molecule has 0 aromatic rings. The number of hydrogen-bond donors (Lipinski definition) is 1. The molecule has 3 atom stereocenters. The maximum absolute atomic E-state index is 11.0. The molecular weight excluding hydrogens is 190 g/mol. The molecule has 1 saturated carbocycles. The standard InChI is InChI=1S/C12H21NO2/c1-3-11(9-4-5-9)13-7-6-10(8(13)2)12(14)15/h8-11H,3-7H2,1-2H3,(H,14,15). The molecule has 86 valence electrons. The van der Waals surface area contributed by atoms with Gasteiger partial charge in [-0.25, -0.2) is 0 Å². The molecule has 0 amide bonds. The highest BCUT2D eigenvalue weighted by atomic mass is 16.4. The SMILES string of the molecule is CCC(C1CC1)N1CCC(C(=O)O)C1C. The van der Waals surface area contributed by atoms with Gasteiger partial charge in [0.1, 0.15) is 0 Å². The predicted octanol–water partition coefficient (Wildman–Crippen LogP) is 1.97. The molecule has 2 rings (SSSR count). The number of carbonyl (C=O) groups is 1. The van der Waals surface area contributed by atoms with Crippen molar-refractivity contribution in [2.24, 2.45) is 11.8 Å². The minimum Gasteiger partial charge on any atom is -0.481 e. The molecule has 2 aliphatic rings. The molecule has 15 heavy (non-hydrogen) atoms. The van der Waals surface area contributed by atoms with Crippen molar-refractivity contribution in [3.63, 3.8) is 0 Å². The Morgan fingerprint density at radius 2 is 2.13 bits per heavy atom. The molecule has 3 unspecified atom stereocenters. The fourth-order valence-electron chi connectivity index (χ4n) is 3.08. The highest BCUT2D eigenvalue weighted by Crippen LogP contribution is 2.40. The van der Waals surface area contributed by atoms with Crippen molar-refractivity contribution in [3.8, 4) is 0 Å². The van der Waals surface area contributed by atoms with Gasteiger partial charge < -0.3 is 5.11 Å². The van der Waals surface area contributed by atoms with Gasteiger partial charge >= 0.3 is 5.97 Å². The van der Waals surface area contributed by atoms with Gasteiger partial charge in [-0.15, -0.1) is 0 Å². The first-order valence-electron chi connectivity index (χ1n) is 6.13. The second-order valence-corrected chi connectivity index (χ2v) is 5.02. The molecule has 2 fully saturated rings. The van der Waals surface area contributed by atoms with Crippen LogP contribution in [-0.4, -0.2) is 34.6 Å². The Bertz CT molecular complexity index is 250. The van der Waals surface area contributed by atoms with Crippen LogP contribution in [0.1, 0.15) is 39.5 Å². The molecule has 3 nitrogen and oxygen atoms in total. The summed E-state index contributed by atoms with van der Waals surface area (Å²) >= 11 is 0. The minimum absolute atomic E-state index is 0.141. The van der Waals surface area contributed by atoms with E-state index in [9.17, 15) is 4.79 Å². The van der Waals surface area contributed by atoms with Gasteiger partial charge in [0, 0.05) is 12.1 Å². The summed E-state index contributed by atoms with van der Waals surface area (Å²) in [4.78, 5) is 13.5. The maximum Gasteiger partial charge on any atom is 0.308 e.